The summed E-state index contributed by atoms with van der Waals surface area (Å²) in [6, 6.07) is 6.11. The van der Waals surface area contributed by atoms with Gasteiger partial charge in [0, 0.05) is 12.1 Å². The van der Waals surface area contributed by atoms with Gasteiger partial charge in [-0.2, -0.15) is 0 Å². The van der Waals surface area contributed by atoms with Crippen molar-refractivity contribution in [2.45, 2.75) is 38.5 Å². The molecule has 0 bridgehead atoms. The number of hydrogen-bond donors (Lipinski definition) is 1. The van der Waals surface area contributed by atoms with Crippen LogP contribution in [0.2, 0.25) is 0 Å². The fraction of sp³-hybridized carbons (Fsp3) is 0.533. The molecule has 1 aromatic carbocycles. The standard InChI is InChI=1S/C15H20ClNO/c1-3-10(4-2)14(16)12-6-5-11-7-8-17-15(18)13(11)9-12/h5-6,9-10,14H,3-4,7-8H2,1-2H3,(H,17,18). The smallest absolute Gasteiger partial charge is 0.251 e. The average molecular weight is 266 g/mol. The van der Waals surface area contributed by atoms with Crippen molar-refractivity contribution in [1.29, 1.82) is 0 Å². The molecule has 0 aliphatic carbocycles. The van der Waals surface area contributed by atoms with Crippen molar-refractivity contribution in [2.75, 3.05) is 6.54 Å². The largest absolute Gasteiger partial charge is 0.352 e. The van der Waals surface area contributed by atoms with Gasteiger partial charge in [0.15, 0.2) is 0 Å². The molecule has 1 aliphatic rings. The van der Waals surface area contributed by atoms with E-state index in [0.717, 1.165) is 42.5 Å². The van der Waals surface area contributed by atoms with E-state index in [-0.39, 0.29) is 11.3 Å². The molecule has 1 unspecified atom stereocenters. The Morgan fingerprint density at radius 1 is 1.33 bits per heavy atom. The van der Waals surface area contributed by atoms with E-state index in [1.165, 1.54) is 0 Å². The van der Waals surface area contributed by atoms with Gasteiger partial charge in [0.05, 0.1) is 5.38 Å². The van der Waals surface area contributed by atoms with E-state index in [0.29, 0.717) is 5.92 Å². The van der Waals surface area contributed by atoms with E-state index in [1.54, 1.807) is 0 Å². The zero-order valence-electron chi connectivity index (χ0n) is 11.0. The highest BCUT2D eigenvalue weighted by molar-refractivity contribution is 6.21. The number of benzene rings is 1. The van der Waals surface area contributed by atoms with E-state index in [9.17, 15) is 4.79 Å². The summed E-state index contributed by atoms with van der Waals surface area (Å²) >= 11 is 6.53. The molecule has 2 nitrogen and oxygen atoms in total. The molecule has 1 aromatic rings. The first kappa shape index (κ1) is 13.4. The number of hydrogen-bond acceptors (Lipinski definition) is 1. The van der Waals surface area contributed by atoms with Gasteiger partial charge in [-0.1, -0.05) is 38.8 Å². The molecule has 3 heteroatoms. The minimum absolute atomic E-state index is 0.0000246. The highest BCUT2D eigenvalue weighted by Crippen LogP contribution is 2.34. The highest BCUT2D eigenvalue weighted by Gasteiger charge is 2.22. The van der Waals surface area contributed by atoms with Crippen molar-refractivity contribution in [3.63, 3.8) is 0 Å². The molecule has 1 N–H and O–H groups in total. The van der Waals surface area contributed by atoms with Crippen LogP contribution in [0.25, 0.3) is 0 Å². The lowest BCUT2D eigenvalue weighted by Gasteiger charge is -2.22. The molecular formula is C15H20ClNO. The Hall–Kier alpha value is -1.02. The average Bonchev–Trinajstić information content (AvgIpc) is 2.40. The second kappa shape index (κ2) is 5.75. The van der Waals surface area contributed by atoms with Gasteiger partial charge in [-0.05, 0) is 29.5 Å². The molecule has 0 radical (unpaired) electrons. The van der Waals surface area contributed by atoms with Crippen LogP contribution in [0.1, 0.15) is 53.6 Å². The number of amides is 1. The van der Waals surface area contributed by atoms with E-state index in [2.05, 4.69) is 31.3 Å². The molecule has 1 heterocycles. The maximum atomic E-state index is 11.8. The van der Waals surface area contributed by atoms with Crippen LogP contribution in [0.4, 0.5) is 0 Å². The topological polar surface area (TPSA) is 29.1 Å². The van der Waals surface area contributed by atoms with Crippen molar-refractivity contribution in [1.82, 2.24) is 5.32 Å². The molecule has 18 heavy (non-hydrogen) atoms. The van der Waals surface area contributed by atoms with Crippen LogP contribution in [0.5, 0.6) is 0 Å². The molecule has 1 amide bonds. The van der Waals surface area contributed by atoms with Gasteiger partial charge in [0.25, 0.3) is 5.91 Å². The summed E-state index contributed by atoms with van der Waals surface area (Å²) in [5.41, 5.74) is 3.01. The molecule has 0 saturated heterocycles. The number of halogens is 1. The molecule has 0 spiro atoms. The number of fused-ring (bicyclic) bond motifs is 1. The van der Waals surface area contributed by atoms with Crippen molar-refractivity contribution < 1.29 is 4.79 Å². The number of alkyl halides is 1. The second-order valence-electron chi connectivity index (χ2n) is 4.90. The van der Waals surface area contributed by atoms with Crippen LogP contribution in [-0.4, -0.2) is 12.5 Å². The summed E-state index contributed by atoms with van der Waals surface area (Å²) in [4.78, 5) is 11.8. The van der Waals surface area contributed by atoms with Gasteiger partial charge in [-0.15, -0.1) is 11.6 Å². The van der Waals surface area contributed by atoms with E-state index >= 15 is 0 Å². The zero-order chi connectivity index (χ0) is 13.1. The fourth-order valence-corrected chi connectivity index (χ4v) is 3.07. The first-order valence-corrected chi connectivity index (χ1v) is 7.16. The monoisotopic (exact) mass is 265 g/mol. The van der Waals surface area contributed by atoms with Crippen LogP contribution >= 0.6 is 11.6 Å². The maximum Gasteiger partial charge on any atom is 0.251 e. The molecule has 0 aromatic heterocycles. The minimum Gasteiger partial charge on any atom is -0.352 e. The Bertz CT molecular complexity index is 440. The first-order valence-electron chi connectivity index (χ1n) is 6.72. The molecule has 0 saturated carbocycles. The number of rotatable bonds is 4. The normalized spacial score (nSPS) is 16.3. The van der Waals surface area contributed by atoms with Gasteiger partial charge < -0.3 is 5.32 Å². The third kappa shape index (κ3) is 2.54. The zero-order valence-corrected chi connectivity index (χ0v) is 11.8. The van der Waals surface area contributed by atoms with Gasteiger partial charge in [0.1, 0.15) is 0 Å². The number of carbonyl (C=O) groups excluding carboxylic acids is 1. The van der Waals surface area contributed by atoms with Crippen LogP contribution in [0, 0.1) is 5.92 Å². The summed E-state index contributed by atoms with van der Waals surface area (Å²) in [6.45, 7) is 5.06. The summed E-state index contributed by atoms with van der Waals surface area (Å²) in [7, 11) is 0. The van der Waals surface area contributed by atoms with Crippen LogP contribution < -0.4 is 5.32 Å². The van der Waals surface area contributed by atoms with Crippen molar-refractivity contribution in [2.24, 2.45) is 5.92 Å². The van der Waals surface area contributed by atoms with E-state index < -0.39 is 0 Å². The Balaban J connectivity index is 2.30. The van der Waals surface area contributed by atoms with Crippen LogP contribution in [-0.2, 0) is 6.42 Å². The lowest BCUT2D eigenvalue weighted by Crippen LogP contribution is -2.31. The molecule has 1 aliphatic heterocycles. The van der Waals surface area contributed by atoms with E-state index in [1.807, 2.05) is 6.07 Å². The molecule has 98 valence electrons. The predicted octanol–water partition coefficient (Wildman–Crippen LogP) is 3.69. The Morgan fingerprint density at radius 2 is 2.06 bits per heavy atom. The van der Waals surface area contributed by atoms with Gasteiger partial charge >= 0.3 is 0 Å². The fourth-order valence-electron chi connectivity index (χ4n) is 2.58. The molecular weight excluding hydrogens is 246 g/mol. The minimum atomic E-state index is 0.0000246. The lowest BCUT2D eigenvalue weighted by atomic mass is 9.90. The Labute approximate surface area is 114 Å². The maximum absolute atomic E-state index is 11.8. The molecule has 0 fully saturated rings. The third-order valence-corrected chi connectivity index (χ3v) is 4.45. The second-order valence-corrected chi connectivity index (χ2v) is 5.37. The Morgan fingerprint density at radius 3 is 2.72 bits per heavy atom. The highest BCUT2D eigenvalue weighted by atomic mass is 35.5. The molecule has 1 atom stereocenters. The van der Waals surface area contributed by atoms with Crippen molar-refractivity contribution in [3.05, 3.63) is 34.9 Å². The van der Waals surface area contributed by atoms with E-state index in [4.69, 9.17) is 11.6 Å². The van der Waals surface area contributed by atoms with Crippen LogP contribution in [0.3, 0.4) is 0 Å². The summed E-state index contributed by atoms with van der Waals surface area (Å²) in [5, 5.41) is 2.88. The van der Waals surface area contributed by atoms with Gasteiger partial charge in [0.2, 0.25) is 0 Å². The number of carbonyl (C=O) groups is 1. The quantitative estimate of drug-likeness (QED) is 0.827. The number of nitrogens with one attached hydrogen (secondary N) is 1. The SMILES string of the molecule is CCC(CC)C(Cl)c1ccc2c(c1)C(=O)NCC2. The van der Waals surface area contributed by atoms with Crippen LogP contribution in [0.15, 0.2) is 18.2 Å². The van der Waals surface area contributed by atoms with Gasteiger partial charge in [-0.25, -0.2) is 0 Å². The van der Waals surface area contributed by atoms with Crippen molar-refractivity contribution in [3.8, 4) is 0 Å². The summed E-state index contributed by atoms with van der Waals surface area (Å²) < 4.78 is 0. The summed E-state index contributed by atoms with van der Waals surface area (Å²) in [6.07, 6.45) is 3.04. The predicted molar refractivity (Wildman–Crippen MR) is 75.1 cm³/mol. The first-order chi connectivity index (χ1) is 8.67. The third-order valence-electron chi connectivity index (χ3n) is 3.84. The molecule has 2 rings (SSSR count). The lowest BCUT2D eigenvalue weighted by molar-refractivity contribution is 0.0946. The summed E-state index contributed by atoms with van der Waals surface area (Å²) in [5.74, 6) is 0.503. The van der Waals surface area contributed by atoms with Gasteiger partial charge in [-0.3, -0.25) is 4.79 Å². The Kier molecular flexibility index (Phi) is 4.28. The van der Waals surface area contributed by atoms with Crippen molar-refractivity contribution >= 4 is 17.5 Å².